The largest absolute Gasteiger partial charge is 0.368 e. The maximum atomic E-state index is 5.82. The highest BCUT2D eigenvalue weighted by atomic mass is 35.5. The Morgan fingerprint density at radius 2 is 1.67 bits per heavy atom. The summed E-state index contributed by atoms with van der Waals surface area (Å²) < 4.78 is 5.08. The van der Waals surface area contributed by atoms with Gasteiger partial charge in [-0.25, -0.2) is 0 Å². The van der Waals surface area contributed by atoms with Gasteiger partial charge in [-0.3, -0.25) is 0 Å². The van der Waals surface area contributed by atoms with Crippen molar-refractivity contribution in [1.82, 2.24) is 0 Å². The molecule has 0 amide bonds. The van der Waals surface area contributed by atoms with Gasteiger partial charge in [-0.1, -0.05) is 34.8 Å². The zero-order valence-corrected chi connectivity index (χ0v) is 8.25. The van der Waals surface area contributed by atoms with Gasteiger partial charge in [0.1, 0.15) is 6.10 Å². The van der Waals surface area contributed by atoms with Crippen molar-refractivity contribution in [3.8, 4) is 0 Å². The second-order valence-corrected chi connectivity index (χ2v) is 3.81. The SMILES string of the molecule is Clc1cc(C2CO2)cc(Cl)c1Cl. The first-order valence-electron chi connectivity index (χ1n) is 3.44. The van der Waals surface area contributed by atoms with Crippen molar-refractivity contribution in [2.75, 3.05) is 6.61 Å². The Morgan fingerprint density at radius 3 is 2.08 bits per heavy atom. The molecule has 2 rings (SSSR count). The van der Waals surface area contributed by atoms with E-state index in [2.05, 4.69) is 0 Å². The maximum absolute atomic E-state index is 5.82. The number of benzene rings is 1. The zero-order valence-electron chi connectivity index (χ0n) is 5.98. The van der Waals surface area contributed by atoms with E-state index in [9.17, 15) is 0 Å². The highest BCUT2D eigenvalue weighted by Crippen LogP contribution is 2.37. The van der Waals surface area contributed by atoms with Gasteiger partial charge in [-0.15, -0.1) is 0 Å². The summed E-state index contributed by atoms with van der Waals surface area (Å²) in [6.45, 7) is 0.744. The lowest BCUT2D eigenvalue weighted by Gasteiger charge is -2.01. The Bertz CT molecular complexity index is 297. The summed E-state index contributed by atoms with van der Waals surface area (Å²) in [7, 11) is 0. The molecule has 0 aromatic heterocycles. The number of rotatable bonds is 1. The number of halogens is 3. The first-order chi connectivity index (χ1) is 5.68. The average Bonchev–Trinajstić information content (AvgIpc) is 2.81. The molecule has 0 radical (unpaired) electrons. The van der Waals surface area contributed by atoms with Crippen LogP contribution in [0.5, 0.6) is 0 Å². The van der Waals surface area contributed by atoms with Crippen LogP contribution in [0.2, 0.25) is 15.1 Å². The second kappa shape index (κ2) is 3.08. The van der Waals surface area contributed by atoms with Crippen LogP contribution in [0.1, 0.15) is 11.7 Å². The fourth-order valence-electron chi connectivity index (χ4n) is 1.00. The van der Waals surface area contributed by atoms with Gasteiger partial charge in [0.25, 0.3) is 0 Å². The average molecular weight is 223 g/mol. The van der Waals surface area contributed by atoms with Crippen molar-refractivity contribution < 1.29 is 4.74 Å². The van der Waals surface area contributed by atoms with Crippen molar-refractivity contribution in [3.05, 3.63) is 32.8 Å². The van der Waals surface area contributed by atoms with Crippen LogP contribution in [0.15, 0.2) is 12.1 Å². The second-order valence-electron chi connectivity index (χ2n) is 2.62. The summed E-state index contributed by atoms with van der Waals surface area (Å²) in [5, 5.41) is 1.37. The minimum Gasteiger partial charge on any atom is -0.368 e. The summed E-state index contributed by atoms with van der Waals surface area (Å²) in [6, 6.07) is 3.57. The molecule has 0 aliphatic carbocycles. The molecule has 1 saturated heterocycles. The standard InChI is InChI=1S/C8H5Cl3O/c9-5-1-4(7-3-12-7)2-6(10)8(5)11/h1-2,7H,3H2. The molecule has 1 heterocycles. The Kier molecular flexibility index (Phi) is 2.21. The van der Waals surface area contributed by atoms with Gasteiger partial charge in [0, 0.05) is 0 Å². The van der Waals surface area contributed by atoms with Gasteiger partial charge in [0.15, 0.2) is 0 Å². The van der Waals surface area contributed by atoms with Crippen molar-refractivity contribution in [2.45, 2.75) is 6.10 Å². The van der Waals surface area contributed by atoms with E-state index < -0.39 is 0 Å². The van der Waals surface area contributed by atoms with E-state index in [4.69, 9.17) is 39.5 Å². The molecule has 64 valence electrons. The minimum atomic E-state index is 0.164. The molecule has 1 aromatic rings. The summed E-state index contributed by atoms with van der Waals surface area (Å²) in [5.74, 6) is 0. The summed E-state index contributed by atoms with van der Waals surface area (Å²) in [5.41, 5.74) is 0.995. The lowest BCUT2D eigenvalue weighted by atomic mass is 10.2. The Labute approximate surface area is 85.2 Å². The fraction of sp³-hybridized carbons (Fsp3) is 0.250. The molecule has 1 aromatic carbocycles. The topological polar surface area (TPSA) is 12.5 Å². The van der Waals surface area contributed by atoms with Crippen LogP contribution in [0.3, 0.4) is 0 Å². The number of epoxide rings is 1. The Morgan fingerprint density at radius 1 is 1.17 bits per heavy atom. The summed E-state index contributed by atoms with van der Waals surface area (Å²) in [4.78, 5) is 0. The van der Waals surface area contributed by atoms with Crippen molar-refractivity contribution in [1.29, 1.82) is 0 Å². The lowest BCUT2D eigenvalue weighted by Crippen LogP contribution is -1.82. The highest BCUT2D eigenvalue weighted by Gasteiger charge is 2.26. The third-order valence-electron chi connectivity index (χ3n) is 1.71. The number of hydrogen-bond acceptors (Lipinski definition) is 1. The lowest BCUT2D eigenvalue weighted by molar-refractivity contribution is 0.415. The van der Waals surface area contributed by atoms with Crippen LogP contribution in [0, 0.1) is 0 Å². The molecular formula is C8H5Cl3O. The van der Waals surface area contributed by atoms with Crippen LogP contribution in [0.25, 0.3) is 0 Å². The quantitative estimate of drug-likeness (QED) is 0.522. The summed E-state index contributed by atoms with van der Waals surface area (Å²) in [6.07, 6.45) is 0.164. The van der Waals surface area contributed by atoms with Crippen molar-refractivity contribution in [3.63, 3.8) is 0 Å². The smallest absolute Gasteiger partial charge is 0.106 e. The predicted octanol–water partition coefficient (Wildman–Crippen LogP) is 3.72. The first-order valence-corrected chi connectivity index (χ1v) is 4.58. The van der Waals surface area contributed by atoms with Crippen LogP contribution < -0.4 is 0 Å². The molecule has 12 heavy (non-hydrogen) atoms. The van der Waals surface area contributed by atoms with Gasteiger partial charge < -0.3 is 4.74 Å². The minimum absolute atomic E-state index is 0.164. The molecule has 4 heteroatoms. The van der Waals surface area contributed by atoms with E-state index in [1.54, 1.807) is 12.1 Å². The molecule has 1 aliphatic rings. The van der Waals surface area contributed by atoms with Gasteiger partial charge >= 0.3 is 0 Å². The highest BCUT2D eigenvalue weighted by molar-refractivity contribution is 6.48. The van der Waals surface area contributed by atoms with Gasteiger partial charge in [0.2, 0.25) is 0 Å². The van der Waals surface area contributed by atoms with Gasteiger partial charge in [0.05, 0.1) is 21.7 Å². The van der Waals surface area contributed by atoms with Crippen LogP contribution in [-0.2, 0) is 4.74 Å². The number of hydrogen-bond donors (Lipinski definition) is 0. The third kappa shape index (κ3) is 1.55. The molecule has 1 unspecified atom stereocenters. The van der Waals surface area contributed by atoms with E-state index in [0.717, 1.165) is 12.2 Å². The molecule has 0 saturated carbocycles. The van der Waals surface area contributed by atoms with Crippen LogP contribution >= 0.6 is 34.8 Å². The van der Waals surface area contributed by atoms with Crippen LogP contribution in [0.4, 0.5) is 0 Å². The molecular weight excluding hydrogens is 218 g/mol. The van der Waals surface area contributed by atoms with E-state index in [1.165, 1.54) is 0 Å². The predicted molar refractivity (Wildman–Crippen MR) is 50.2 cm³/mol. The molecule has 1 aliphatic heterocycles. The molecule has 0 N–H and O–H groups in total. The molecule has 1 nitrogen and oxygen atoms in total. The molecule has 1 atom stereocenters. The van der Waals surface area contributed by atoms with E-state index in [0.29, 0.717) is 15.1 Å². The van der Waals surface area contributed by atoms with Gasteiger partial charge in [-0.2, -0.15) is 0 Å². The summed E-state index contributed by atoms with van der Waals surface area (Å²) >= 11 is 17.4. The van der Waals surface area contributed by atoms with E-state index >= 15 is 0 Å². The van der Waals surface area contributed by atoms with Crippen molar-refractivity contribution in [2.24, 2.45) is 0 Å². The molecule has 0 bridgehead atoms. The maximum Gasteiger partial charge on any atom is 0.106 e. The van der Waals surface area contributed by atoms with Crippen LogP contribution in [-0.4, -0.2) is 6.61 Å². The molecule has 0 spiro atoms. The zero-order chi connectivity index (χ0) is 8.72. The van der Waals surface area contributed by atoms with E-state index in [-0.39, 0.29) is 6.10 Å². The normalized spacial score (nSPS) is 21.1. The first kappa shape index (κ1) is 8.64. The molecule has 1 fully saturated rings. The van der Waals surface area contributed by atoms with Gasteiger partial charge in [-0.05, 0) is 17.7 Å². The Balaban J connectivity index is 2.45. The third-order valence-corrected chi connectivity index (χ3v) is 2.91. The van der Waals surface area contributed by atoms with E-state index in [1.807, 2.05) is 0 Å². The Hall–Kier alpha value is 0.0500. The fourth-order valence-corrected chi connectivity index (χ4v) is 1.61. The van der Waals surface area contributed by atoms with Crippen molar-refractivity contribution >= 4 is 34.8 Å². The number of ether oxygens (including phenoxy) is 1. The monoisotopic (exact) mass is 222 g/mol.